The third-order valence-electron chi connectivity index (χ3n) is 6.30. The molecule has 1 aliphatic carbocycles. The summed E-state index contributed by atoms with van der Waals surface area (Å²) in [6.07, 6.45) is 4.40. The van der Waals surface area contributed by atoms with E-state index in [-0.39, 0.29) is 22.6 Å². The highest BCUT2D eigenvalue weighted by atomic mass is 16.1. The quantitative estimate of drug-likeness (QED) is 0.387. The van der Waals surface area contributed by atoms with Crippen molar-refractivity contribution in [2.45, 2.75) is 39.0 Å². The minimum Gasteiger partial charge on any atom is -0.384 e. The first-order valence-corrected chi connectivity index (χ1v) is 10.3. The van der Waals surface area contributed by atoms with E-state index < -0.39 is 0 Å². The van der Waals surface area contributed by atoms with Gasteiger partial charge in [0.15, 0.2) is 5.78 Å². The lowest BCUT2D eigenvalue weighted by molar-refractivity contribution is 0.0823. The Kier molecular flexibility index (Phi) is 5.02. The molecule has 6 nitrogen and oxygen atoms in total. The summed E-state index contributed by atoms with van der Waals surface area (Å²) in [5.74, 6) is 0.174. The van der Waals surface area contributed by atoms with Gasteiger partial charge in [-0.25, -0.2) is 4.98 Å². The van der Waals surface area contributed by atoms with Gasteiger partial charge in [0, 0.05) is 30.0 Å². The summed E-state index contributed by atoms with van der Waals surface area (Å²) in [7, 11) is 1.73. The van der Waals surface area contributed by atoms with Gasteiger partial charge in [-0.1, -0.05) is 44.0 Å². The highest BCUT2D eigenvalue weighted by Crippen LogP contribution is 2.40. The second-order valence-electron chi connectivity index (χ2n) is 8.51. The monoisotopic (exact) mass is 402 g/mol. The van der Waals surface area contributed by atoms with E-state index in [9.17, 15) is 9.59 Å². The smallest absolute Gasteiger partial charge is 0.272 e. The zero-order valence-corrected chi connectivity index (χ0v) is 17.4. The number of aryl methyl sites for hydroxylation is 1. The van der Waals surface area contributed by atoms with Crippen LogP contribution in [0.1, 0.15) is 59.8 Å². The summed E-state index contributed by atoms with van der Waals surface area (Å²) in [6, 6.07) is 12.7. The van der Waals surface area contributed by atoms with Gasteiger partial charge in [-0.2, -0.15) is 0 Å². The third kappa shape index (κ3) is 3.54. The molecule has 0 bridgehead atoms. The molecule has 0 amide bonds. The van der Waals surface area contributed by atoms with Crippen molar-refractivity contribution in [1.29, 1.82) is 5.41 Å². The molecular weight excluding hydrogens is 376 g/mol. The Bertz CT molecular complexity index is 1200. The van der Waals surface area contributed by atoms with Crippen molar-refractivity contribution in [3.63, 3.8) is 0 Å². The average Bonchev–Trinajstić information content (AvgIpc) is 3.19. The van der Waals surface area contributed by atoms with Crippen LogP contribution in [0.4, 0.5) is 0 Å². The lowest BCUT2D eigenvalue weighted by Crippen LogP contribution is -2.25. The average molecular weight is 402 g/mol. The topological polar surface area (TPSA) is 102 Å². The number of carbonyl (C=O) groups is 1. The molecule has 3 N–H and O–H groups in total. The van der Waals surface area contributed by atoms with Crippen molar-refractivity contribution in [1.82, 2.24) is 9.55 Å². The number of Topliss-reactive ketones (excluding diaryl/α,β-unsaturated/α-hetero) is 1. The fourth-order valence-corrected chi connectivity index (χ4v) is 4.38. The number of nitrogen functional groups attached to an aromatic ring is 1. The van der Waals surface area contributed by atoms with Crippen molar-refractivity contribution in [3.8, 4) is 0 Å². The van der Waals surface area contributed by atoms with Crippen LogP contribution in [0, 0.1) is 10.8 Å². The Hall–Kier alpha value is -3.28. The molecule has 0 saturated heterocycles. The summed E-state index contributed by atoms with van der Waals surface area (Å²) < 4.78 is 1.59. The van der Waals surface area contributed by atoms with Crippen molar-refractivity contribution in [3.05, 3.63) is 75.2 Å². The SMILES string of the molecule is Cn1c(=O)c(Cc2ccc(C(=N)N)cc2)nc2cc(C(=O)C3(C)CCCC3)ccc21. The minimum absolute atomic E-state index is 0.00875. The van der Waals surface area contributed by atoms with E-state index in [0.717, 1.165) is 31.2 Å². The van der Waals surface area contributed by atoms with Crippen LogP contribution in [0.25, 0.3) is 11.0 Å². The van der Waals surface area contributed by atoms with Crippen LogP contribution in [-0.4, -0.2) is 21.2 Å². The van der Waals surface area contributed by atoms with Crippen LogP contribution in [0.15, 0.2) is 47.3 Å². The van der Waals surface area contributed by atoms with Crippen LogP contribution >= 0.6 is 0 Å². The molecule has 4 rings (SSSR count). The first-order valence-electron chi connectivity index (χ1n) is 10.3. The zero-order chi connectivity index (χ0) is 21.5. The predicted molar refractivity (Wildman–Crippen MR) is 118 cm³/mol. The maximum atomic E-state index is 13.1. The predicted octanol–water partition coefficient (Wildman–Crippen LogP) is 3.57. The molecule has 3 aromatic rings. The van der Waals surface area contributed by atoms with Crippen LogP contribution in [-0.2, 0) is 13.5 Å². The lowest BCUT2D eigenvalue weighted by atomic mass is 9.81. The minimum atomic E-state index is -0.296. The molecule has 0 atom stereocenters. The van der Waals surface area contributed by atoms with Gasteiger partial charge in [-0.3, -0.25) is 15.0 Å². The van der Waals surface area contributed by atoms with Gasteiger partial charge in [0.2, 0.25) is 0 Å². The van der Waals surface area contributed by atoms with Gasteiger partial charge >= 0.3 is 0 Å². The van der Waals surface area contributed by atoms with Gasteiger partial charge in [-0.05, 0) is 36.6 Å². The molecule has 0 unspecified atom stereocenters. The second kappa shape index (κ2) is 7.52. The van der Waals surface area contributed by atoms with Crippen molar-refractivity contribution < 1.29 is 4.79 Å². The number of benzene rings is 2. The molecule has 154 valence electrons. The summed E-state index contributed by atoms with van der Waals surface area (Å²) >= 11 is 0. The fourth-order valence-electron chi connectivity index (χ4n) is 4.38. The number of nitrogens with two attached hydrogens (primary N) is 1. The second-order valence-corrected chi connectivity index (χ2v) is 8.51. The van der Waals surface area contributed by atoms with E-state index in [1.165, 1.54) is 0 Å². The van der Waals surface area contributed by atoms with E-state index in [0.29, 0.717) is 34.3 Å². The molecule has 0 spiro atoms. The first kappa shape index (κ1) is 20.0. The Morgan fingerprint density at radius 2 is 1.77 bits per heavy atom. The molecule has 2 aromatic carbocycles. The summed E-state index contributed by atoms with van der Waals surface area (Å²) in [4.78, 5) is 30.6. The van der Waals surface area contributed by atoms with Crippen molar-refractivity contribution in [2.24, 2.45) is 18.2 Å². The molecule has 6 heteroatoms. The van der Waals surface area contributed by atoms with Crippen molar-refractivity contribution >= 4 is 22.7 Å². The molecule has 0 radical (unpaired) electrons. The lowest BCUT2D eigenvalue weighted by Gasteiger charge is -2.22. The Balaban J connectivity index is 1.72. The molecule has 1 aliphatic rings. The molecule has 0 aliphatic heterocycles. The Labute approximate surface area is 175 Å². The van der Waals surface area contributed by atoms with E-state index in [1.54, 1.807) is 23.7 Å². The molecule has 1 heterocycles. The zero-order valence-electron chi connectivity index (χ0n) is 17.4. The normalized spacial score (nSPS) is 15.4. The first-order chi connectivity index (χ1) is 14.3. The van der Waals surface area contributed by atoms with E-state index in [1.807, 2.05) is 30.3 Å². The largest absolute Gasteiger partial charge is 0.384 e. The van der Waals surface area contributed by atoms with Gasteiger partial charge in [-0.15, -0.1) is 0 Å². The number of aromatic nitrogens is 2. The fraction of sp³-hybridized carbons (Fsp3) is 0.333. The van der Waals surface area contributed by atoms with Crippen molar-refractivity contribution in [2.75, 3.05) is 0 Å². The maximum absolute atomic E-state index is 13.1. The van der Waals surface area contributed by atoms with Crippen LogP contribution < -0.4 is 11.3 Å². The van der Waals surface area contributed by atoms with Gasteiger partial charge in [0.25, 0.3) is 5.56 Å². The number of hydrogen-bond donors (Lipinski definition) is 2. The number of nitrogens with zero attached hydrogens (tertiary/aromatic N) is 2. The van der Waals surface area contributed by atoms with Crippen LogP contribution in [0.5, 0.6) is 0 Å². The molecule has 1 saturated carbocycles. The highest BCUT2D eigenvalue weighted by Gasteiger charge is 2.36. The standard InChI is InChI=1S/C24H26N4O2/c1-24(11-3-4-12-24)21(29)17-9-10-20-18(14-17)27-19(23(30)28(20)2)13-15-5-7-16(8-6-15)22(25)26/h5-10,14H,3-4,11-13H2,1-2H3,(H3,25,26). The summed E-state index contributed by atoms with van der Waals surface area (Å²) in [6.45, 7) is 2.05. The highest BCUT2D eigenvalue weighted by molar-refractivity contribution is 6.02. The summed E-state index contributed by atoms with van der Waals surface area (Å²) in [5.41, 5.74) is 9.06. The van der Waals surface area contributed by atoms with Gasteiger partial charge in [0.05, 0.1) is 11.0 Å². The molecular formula is C24H26N4O2. The third-order valence-corrected chi connectivity index (χ3v) is 6.30. The number of ketones is 1. The number of hydrogen-bond acceptors (Lipinski definition) is 4. The van der Waals surface area contributed by atoms with Gasteiger partial charge < -0.3 is 10.3 Å². The van der Waals surface area contributed by atoms with E-state index in [2.05, 4.69) is 11.9 Å². The molecule has 1 aromatic heterocycles. The van der Waals surface area contributed by atoms with Crippen LogP contribution in [0.3, 0.4) is 0 Å². The van der Waals surface area contributed by atoms with Crippen LogP contribution in [0.2, 0.25) is 0 Å². The molecule has 1 fully saturated rings. The van der Waals surface area contributed by atoms with Gasteiger partial charge in [0.1, 0.15) is 11.5 Å². The number of rotatable bonds is 5. The van der Waals surface area contributed by atoms with E-state index >= 15 is 0 Å². The molecule has 30 heavy (non-hydrogen) atoms. The van der Waals surface area contributed by atoms with E-state index in [4.69, 9.17) is 11.1 Å². The number of amidine groups is 1. The Morgan fingerprint density at radius 3 is 2.40 bits per heavy atom. The number of fused-ring (bicyclic) bond motifs is 1. The number of nitrogens with one attached hydrogen (secondary N) is 1. The summed E-state index contributed by atoms with van der Waals surface area (Å²) in [5, 5.41) is 7.49. The number of carbonyl (C=O) groups excluding carboxylic acids is 1. The maximum Gasteiger partial charge on any atom is 0.272 e. The Morgan fingerprint density at radius 1 is 1.13 bits per heavy atom.